The van der Waals surface area contributed by atoms with Crippen molar-refractivity contribution in [2.24, 2.45) is 10.8 Å². The first-order chi connectivity index (χ1) is 9.17. The maximum absolute atomic E-state index is 4.48. The summed E-state index contributed by atoms with van der Waals surface area (Å²) in [6.45, 7) is 9.54. The Bertz CT molecular complexity index is 430. The Morgan fingerprint density at radius 1 is 1.10 bits per heavy atom. The lowest BCUT2D eigenvalue weighted by molar-refractivity contribution is 0.105. The Balaban J connectivity index is 2.05. The molecule has 0 radical (unpaired) electrons. The lowest BCUT2D eigenvalue weighted by atomic mass is 9.63. The fourth-order valence-electron chi connectivity index (χ4n) is 3.92. The van der Waals surface area contributed by atoms with Gasteiger partial charge < -0.3 is 10.2 Å². The van der Waals surface area contributed by atoms with Crippen LogP contribution in [-0.2, 0) is 0 Å². The predicted molar refractivity (Wildman–Crippen MR) is 87.4 cm³/mol. The summed E-state index contributed by atoms with van der Waals surface area (Å²) in [4.78, 5) is 6.50. The molecule has 1 N–H and O–H groups in total. The SMILES string of the molecule is CN(C)c1ccc(NC2CC(C)(C)CC(C)(C)C2)cn1. The molecule has 0 saturated heterocycles. The average Bonchev–Trinajstić information content (AvgIpc) is 2.25. The largest absolute Gasteiger partial charge is 0.381 e. The molecule has 0 amide bonds. The van der Waals surface area contributed by atoms with Crippen molar-refractivity contribution in [1.29, 1.82) is 0 Å². The molecule has 2 rings (SSSR count). The van der Waals surface area contributed by atoms with E-state index >= 15 is 0 Å². The second kappa shape index (κ2) is 5.27. The highest BCUT2D eigenvalue weighted by Gasteiger charge is 2.38. The van der Waals surface area contributed by atoms with Crippen LogP contribution in [0.5, 0.6) is 0 Å². The lowest BCUT2D eigenvalue weighted by Gasteiger charge is -2.45. The van der Waals surface area contributed by atoms with Gasteiger partial charge in [0.15, 0.2) is 0 Å². The summed E-state index contributed by atoms with van der Waals surface area (Å²) < 4.78 is 0. The molecule has 0 spiro atoms. The molecule has 0 atom stereocenters. The summed E-state index contributed by atoms with van der Waals surface area (Å²) in [5.41, 5.74) is 1.96. The summed E-state index contributed by atoms with van der Waals surface area (Å²) in [5, 5.41) is 3.68. The number of anilines is 2. The van der Waals surface area contributed by atoms with Gasteiger partial charge in [0, 0.05) is 20.1 Å². The number of aromatic nitrogens is 1. The molecule has 0 aromatic carbocycles. The van der Waals surface area contributed by atoms with Crippen LogP contribution in [0.3, 0.4) is 0 Å². The Morgan fingerprint density at radius 3 is 2.15 bits per heavy atom. The summed E-state index contributed by atoms with van der Waals surface area (Å²) in [6.07, 6.45) is 5.71. The molecule has 0 bridgehead atoms. The quantitative estimate of drug-likeness (QED) is 0.897. The molecule has 1 fully saturated rings. The van der Waals surface area contributed by atoms with Crippen molar-refractivity contribution < 1.29 is 0 Å². The monoisotopic (exact) mass is 275 g/mol. The number of hydrogen-bond acceptors (Lipinski definition) is 3. The minimum absolute atomic E-state index is 0.413. The predicted octanol–water partition coefficient (Wildman–Crippen LogP) is 4.16. The van der Waals surface area contributed by atoms with Crippen LogP contribution < -0.4 is 10.2 Å². The van der Waals surface area contributed by atoms with E-state index in [1.807, 2.05) is 25.2 Å². The van der Waals surface area contributed by atoms with Crippen LogP contribution in [0.4, 0.5) is 11.5 Å². The topological polar surface area (TPSA) is 28.2 Å². The highest BCUT2D eigenvalue weighted by atomic mass is 15.1. The van der Waals surface area contributed by atoms with E-state index in [2.05, 4.69) is 50.1 Å². The summed E-state index contributed by atoms with van der Waals surface area (Å²) in [6, 6.07) is 4.75. The Morgan fingerprint density at radius 2 is 1.70 bits per heavy atom. The maximum Gasteiger partial charge on any atom is 0.128 e. The number of rotatable bonds is 3. The third kappa shape index (κ3) is 3.87. The van der Waals surface area contributed by atoms with E-state index in [9.17, 15) is 0 Å². The fraction of sp³-hybridized carbons (Fsp3) is 0.706. The van der Waals surface area contributed by atoms with Crippen molar-refractivity contribution >= 4 is 11.5 Å². The molecule has 1 aromatic rings. The first-order valence-electron chi connectivity index (χ1n) is 7.57. The van der Waals surface area contributed by atoms with Gasteiger partial charge in [-0.1, -0.05) is 27.7 Å². The van der Waals surface area contributed by atoms with Crippen molar-refractivity contribution in [2.45, 2.75) is 53.0 Å². The van der Waals surface area contributed by atoms with E-state index < -0.39 is 0 Å². The van der Waals surface area contributed by atoms with Gasteiger partial charge in [0.25, 0.3) is 0 Å². The van der Waals surface area contributed by atoms with Crippen LogP contribution in [0.2, 0.25) is 0 Å². The zero-order valence-corrected chi connectivity index (χ0v) is 13.8. The lowest BCUT2D eigenvalue weighted by Crippen LogP contribution is -2.40. The van der Waals surface area contributed by atoms with Crippen LogP contribution in [0.1, 0.15) is 47.0 Å². The highest BCUT2D eigenvalue weighted by molar-refractivity contribution is 5.48. The van der Waals surface area contributed by atoms with Crippen LogP contribution in [0.25, 0.3) is 0 Å². The second-order valence-electron chi connectivity index (χ2n) is 8.05. The van der Waals surface area contributed by atoms with Crippen molar-refractivity contribution in [1.82, 2.24) is 4.98 Å². The molecule has 112 valence electrons. The summed E-state index contributed by atoms with van der Waals surface area (Å²) in [7, 11) is 4.03. The van der Waals surface area contributed by atoms with Gasteiger partial charge in [0.1, 0.15) is 5.82 Å². The molecule has 0 aliphatic heterocycles. The number of nitrogens with one attached hydrogen (secondary N) is 1. The van der Waals surface area contributed by atoms with Crippen LogP contribution in [-0.4, -0.2) is 25.1 Å². The summed E-state index contributed by atoms with van der Waals surface area (Å²) in [5.74, 6) is 1.000. The molecule has 3 nitrogen and oxygen atoms in total. The first kappa shape index (κ1) is 15.1. The maximum atomic E-state index is 4.48. The van der Waals surface area contributed by atoms with Gasteiger partial charge in [-0.3, -0.25) is 0 Å². The highest BCUT2D eigenvalue weighted by Crippen LogP contribution is 2.46. The molecule has 1 aromatic heterocycles. The molecule has 3 heteroatoms. The van der Waals surface area contributed by atoms with E-state index in [4.69, 9.17) is 0 Å². The number of pyridine rings is 1. The molecule has 0 unspecified atom stereocenters. The van der Waals surface area contributed by atoms with Gasteiger partial charge in [-0.2, -0.15) is 0 Å². The zero-order valence-electron chi connectivity index (χ0n) is 13.8. The Kier molecular flexibility index (Phi) is 3.99. The van der Waals surface area contributed by atoms with Crippen LogP contribution in [0.15, 0.2) is 18.3 Å². The molecule has 1 aliphatic carbocycles. The van der Waals surface area contributed by atoms with Gasteiger partial charge in [0.05, 0.1) is 11.9 Å². The van der Waals surface area contributed by atoms with Gasteiger partial charge in [-0.15, -0.1) is 0 Å². The number of hydrogen-bond donors (Lipinski definition) is 1. The smallest absolute Gasteiger partial charge is 0.128 e. The van der Waals surface area contributed by atoms with Crippen LogP contribution >= 0.6 is 0 Å². The van der Waals surface area contributed by atoms with Crippen molar-refractivity contribution in [3.05, 3.63) is 18.3 Å². The third-order valence-corrected chi connectivity index (χ3v) is 4.13. The van der Waals surface area contributed by atoms with Crippen LogP contribution in [0, 0.1) is 10.8 Å². The molecular weight excluding hydrogens is 246 g/mol. The van der Waals surface area contributed by atoms with Crippen molar-refractivity contribution in [3.8, 4) is 0 Å². The van der Waals surface area contributed by atoms with Gasteiger partial charge in [0.2, 0.25) is 0 Å². The normalized spacial score (nSPS) is 21.5. The molecule has 1 heterocycles. The molecule has 1 saturated carbocycles. The third-order valence-electron chi connectivity index (χ3n) is 4.13. The van der Waals surface area contributed by atoms with Gasteiger partial charge in [-0.05, 0) is 42.2 Å². The molecule has 1 aliphatic rings. The van der Waals surface area contributed by atoms with E-state index in [0.717, 1.165) is 11.5 Å². The minimum atomic E-state index is 0.413. The Labute approximate surface area is 123 Å². The minimum Gasteiger partial charge on any atom is -0.381 e. The zero-order chi connectivity index (χ0) is 15.0. The summed E-state index contributed by atoms with van der Waals surface area (Å²) >= 11 is 0. The molecular formula is C17H29N3. The van der Waals surface area contributed by atoms with E-state index in [0.29, 0.717) is 16.9 Å². The van der Waals surface area contributed by atoms with E-state index in [1.54, 1.807) is 0 Å². The second-order valence-corrected chi connectivity index (χ2v) is 8.05. The van der Waals surface area contributed by atoms with Gasteiger partial charge in [-0.25, -0.2) is 4.98 Å². The number of nitrogens with zero attached hydrogens (tertiary/aromatic N) is 2. The molecule has 20 heavy (non-hydrogen) atoms. The van der Waals surface area contributed by atoms with E-state index in [-0.39, 0.29) is 0 Å². The standard InChI is InChI=1S/C17H29N3/c1-16(2)9-14(10-17(3,4)12-16)19-13-7-8-15(18-11-13)20(5)6/h7-8,11,14,19H,9-10,12H2,1-6H3. The average molecular weight is 275 g/mol. The van der Waals surface area contributed by atoms with Gasteiger partial charge >= 0.3 is 0 Å². The Hall–Kier alpha value is -1.25. The van der Waals surface area contributed by atoms with Crippen molar-refractivity contribution in [2.75, 3.05) is 24.3 Å². The first-order valence-corrected chi connectivity index (χ1v) is 7.57. The van der Waals surface area contributed by atoms with E-state index in [1.165, 1.54) is 19.3 Å². The van der Waals surface area contributed by atoms with Crippen molar-refractivity contribution in [3.63, 3.8) is 0 Å². The fourth-order valence-corrected chi connectivity index (χ4v) is 3.92.